The number of carboxylic acids is 1. The fourth-order valence-electron chi connectivity index (χ4n) is 3.00. The lowest BCUT2D eigenvalue weighted by atomic mass is 10.0. The van der Waals surface area contributed by atoms with Gasteiger partial charge in [-0.3, -0.25) is 0 Å². The molecule has 4 nitrogen and oxygen atoms in total. The number of ether oxygens (including phenoxy) is 2. The summed E-state index contributed by atoms with van der Waals surface area (Å²) < 4.78 is 11.5. The summed E-state index contributed by atoms with van der Waals surface area (Å²) in [4.78, 5) is 10.9. The van der Waals surface area contributed by atoms with Gasteiger partial charge < -0.3 is 14.6 Å². The molecule has 0 heterocycles. The summed E-state index contributed by atoms with van der Waals surface area (Å²) in [6.07, 6.45) is 4.31. The molecule has 0 aliphatic heterocycles. The van der Waals surface area contributed by atoms with Crippen LogP contribution >= 0.6 is 0 Å². The number of para-hydroxylation sites is 1. The van der Waals surface area contributed by atoms with E-state index in [1.54, 1.807) is 12.1 Å². The first-order chi connectivity index (χ1) is 14.2. The molecule has 0 saturated heterocycles. The Kier molecular flexibility index (Phi) is 7.70. The van der Waals surface area contributed by atoms with Gasteiger partial charge in [-0.2, -0.15) is 0 Å². The summed E-state index contributed by atoms with van der Waals surface area (Å²) in [6, 6.07) is 24.7. The highest BCUT2D eigenvalue weighted by Crippen LogP contribution is 2.23. The van der Waals surface area contributed by atoms with E-state index < -0.39 is 5.97 Å². The first-order valence-corrected chi connectivity index (χ1v) is 9.97. The Bertz CT molecular complexity index is 871. The van der Waals surface area contributed by atoms with Crippen LogP contribution in [0.4, 0.5) is 0 Å². The van der Waals surface area contributed by atoms with Crippen LogP contribution in [0.2, 0.25) is 0 Å². The summed E-state index contributed by atoms with van der Waals surface area (Å²) >= 11 is 0. The number of hydrogen-bond acceptors (Lipinski definition) is 3. The molecule has 3 aromatic carbocycles. The fraction of sp³-hybridized carbons (Fsp3) is 0.240. The van der Waals surface area contributed by atoms with E-state index in [-0.39, 0.29) is 0 Å². The Hall–Kier alpha value is -3.27. The van der Waals surface area contributed by atoms with Gasteiger partial charge in [-0.25, -0.2) is 4.79 Å². The minimum atomic E-state index is -0.913. The predicted octanol–water partition coefficient (Wildman–Crippen LogP) is 6.07. The van der Waals surface area contributed by atoms with Gasteiger partial charge in [0.05, 0.1) is 18.8 Å². The molecule has 0 saturated carbocycles. The van der Waals surface area contributed by atoms with E-state index in [2.05, 4.69) is 0 Å². The second-order valence-electron chi connectivity index (χ2n) is 6.83. The molecule has 0 aliphatic carbocycles. The van der Waals surface area contributed by atoms with Gasteiger partial charge in [0.25, 0.3) is 0 Å². The molecule has 0 unspecified atom stereocenters. The standard InChI is InChI=1S/C25H26O4/c26-25(27)22-12-10-20(11-13-22)21-14-16-24(17-15-21)29-19-7-2-1-6-18-28-23-8-4-3-5-9-23/h3-5,8-17H,1-2,6-7,18-19H2,(H,26,27). The third-order valence-corrected chi connectivity index (χ3v) is 4.64. The molecule has 3 aromatic rings. The first kappa shape index (κ1) is 20.5. The van der Waals surface area contributed by atoms with Crippen molar-refractivity contribution < 1.29 is 19.4 Å². The van der Waals surface area contributed by atoms with Crippen molar-refractivity contribution in [2.75, 3.05) is 13.2 Å². The molecule has 3 rings (SSSR count). The Balaban J connectivity index is 1.31. The van der Waals surface area contributed by atoms with Gasteiger partial charge in [-0.15, -0.1) is 0 Å². The number of benzene rings is 3. The van der Waals surface area contributed by atoms with Gasteiger partial charge in [-0.05, 0) is 73.2 Å². The van der Waals surface area contributed by atoms with Gasteiger partial charge in [-0.1, -0.05) is 42.5 Å². The van der Waals surface area contributed by atoms with Crippen molar-refractivity contribution in [2.24, 2.45) is 0 Å². The van der Waals surface area contributed by atoms with Gasteiger partial charge in [0, 0.05) is 0 Å². The van der Waals surface area contributed by atoms with Crippen molar-refractivity contribution >= 4 is 5.97 Å². The average molecular weight is 390 g/mol. The molecule has 0 aromatic heterocycles. The normalized spacial score (nSPS) is 10.5. The monoisotopic (exact) mass is 390 g/mol. The average Bonchev–Trinajstić information content (AvgIpc) is 2.77. The third-order valence-electron chi connectivity index (χ3n) is 4.64. The van der Waals surface area contributed by atoms with Crippen molar-refractivity contribution in [2.45, 2.75) is 25.7 Å². The van der Waals surface area contributed by atoms with Crippen LogP contribution in [0.15, 0.2) is 78.9 Å². The summed E-state index contributed by atoms with van der Waals surface area (Å²) in [6.45, 7) is 1.45. The van der Waals surface area contributed by atoms with Crippen LogP contribution in [0.3, 0.4) is 0 Å². The number of aromatic carboxylic acids is 1. The number of unbranched alkanes of at least 4 members (excludes halogenated alkanes) is 3. The quantitative estimate of drug-likeness (QED) is 0.404. The van der Waals surface area contributed by atoms with Gasteiger partial charge in [0.15, 0.2) is 0 Å². The van der Waals surface area contributed by atoms with Gasteiger partial charge in [0.2, 0.25) is 0 Å². The topological polar surface area (TPSA) is 55.8 Å². The summed E-state index contributed by atoms with van der Waals surface area (Å²) in [5, 5.41) is 8.97. The van der Waals surface area contributed by atoms with Gasteiger partial charge in [0.1, 0.15) is 11.5 Å². The molecule has 0 atom stereocenters. The van der Waals surface area contributed by atoms with E-state index in [4.69, 9.17) is 14.6 Å². The van der Waals surface area contributed by atoms with E-state index in [1.165, 1.54) is 0 Å². The maximum absolute atomic E-state index is 10.9. The molecule has 0 aliphatic rings. The van der Waals surface area contributed by atoms with Crippen molar-refractivity contribution in [3.8, 4) is 22.6 Å². The SMILES string of the molecule is O=C(O)c1ccc(-c2ccc(OCCCCCCOc3ccccc3)cc2)cc1. The van der Waals surface area contributed by atoms with Crippen LogP contribution in [0.25, 0.3) is 11.1 Å². The number of hydrogen-bond donors (Lipinski definition) is 1. The zero-order valence-electron chi connectivity index (χ0n) is 16.4. The van der Waals surface area contributed by atoms with Crippen LogP contribution < -0.4 is 9.47 Å². The van der Waals surface area contributed by atoms with Crippen molar-refractivity contribution in [3.63, 3.8) is 0 Å². The number of rotatable bonds is 11. The molecule has 1 N–H and O–H groups in total. The van der Waals surface area contributed by atoms with Crippen molar-refractivity contribution in [3.05, 3.63) is 84.4 Å². The molecular formula is C25H26O4. The lowest BCUT2D eigenvalue weighted by Crippen LogP contribution is -1.99. The van der Waals surface area contributed by atoms with Gasteiger partial charge >= 0.3 is 5.97 Å². The minimum Gasteiger partial charge on any atom is -0.494 e. The minimum absolute atomic E-state index is 0.292. The highest BCUT2D eigenvalue weighted by Gasteiger charge is 2.03. The molecule has 29 heavy (non-hydrogen) atoms. The molecule has 0 radical (unpaired) electrons. The molecule has 0 spiro atoms. The zero-order chi connectivity index (χ0) is 20.3. The Labute approximate surface area is 171 Å². The predicted molar refractivity (Wildman–Crippen MR) is 115 cm³/mol. The second kappa shape index (κ2) is 10.9. The molecule has 0 amide bonds. The van der Waals surface area contributed by atoms with Crippen LogP contribution in [-0.4, -0.2) is 24.3 Å². The highest BCUT2D eigenvalue weighted by atomic mass is 16.5. The summed E-state index contributed by atoms with van der Waals surface area (Å²) in [5.74, 6) is 0.865. The smallest absolute Gasteiger partial charge is 0.335 e. The van der Waals surface area contributed by atoms with E-state index in [9.17, 15) is 4.79 Å². The lowest BCUT2D eigenvalue weighted by Gasteiger charge is -2.08. The van der Waals surface area contributed by atoms with Crippen LogP contribution in [-0.2, 0) is 0 Å². The molecule has 150 valence electrons. The van der Waals surface area contributed by atoms with E-state index >= 15 is 0 Å². The summed E-state index contributed by atoms with van der Waals surface area (Å²) in [7, 11) is 0. The Morgan fingerprint density at radius 3 is 1.62 bits per heavy atom. The Morgan fingerprint density at radius 2 is 1.10 bits per heavy atom. The second-order valence-corrected chi connectivity index (χ2v) is 6.83. The maximum Gasteiger partial charge on any atom is 0.335 e. The third kappa shape index (κ3) is 6.68. The van der Waals surface area contributed by atoms with E-state index in [1.807, 2.05) is 66.7 Å². The van der Waals surface area contributed by atoms with Crippen molar-refractivity contribution in [1.82, 2.24) is 0 Å². The van der Waals surface area contributed by atoms with E-state index in [0.29, 0.717) is 12.2 Å². The first-order valence-electron chi connectivity index (χ1n) is 9.97. The number of carbonyl (C=O) groups is 1. The molecule has 0 bridgehead atoms. The van der Waals surface area contributed by atoms with E-state index in [0.717, 1.165) is 54.9 Å². The summed E-state index contributed by atoms with van der Waals surface area (Å²) in [5.41, 5.74) is 2.31. The largest absolute Gasteiger partial charge is 0.494 e. The molecular weight excluding hydrogens is 364 g/mol. The lowest BCUT2D eigenvalue weighted by molar-refractivity contribution is 0.0697. The Morgan fingerprint density at radius 1 is 0.621 bits per heavy atom. The maximum atomic E-state index is 10.9. The van der Waals surface area contributed by atoms with Crippen LogP contribution in [0.5, 0.6) is 11.5 Å². The molecule has 4 heteroatoms. The fourth-order valence-corrected chi connectivity index (χ4v) is 3.00. The van der Waals surface area contributed by atoms with Crippen molar-refractivity contribution in [1.29, 1.82) is 0 Å². The molecule has 0 fully saturated rings. The highest BCUT2D eigenvalue weighted by molar-refractivity contribution is 5.88. The van der Waals surface area contributed by atoms with Crippen LogP contribution in [0.1, 0.15) is 36.0 Å². The number of carboxylic acid groups (broad SMARTS) is 1. The zero-order valence-corrected chi connectivity index (χ0v) is 16.4. The van der Waals surface area contributed by atoms with Crippen LogP contribution in [0, 0.1) is 0 Å².